The van der Waals surface area contributed by atoms with E-state index in [1.54, 1.807) is 18.2 Å². The molecule has 0 bridgehead atoms. The Morgan fingerprint density at radius 2 is 1.84 bits per heavy atom. The first kappa shape index (κ1) is 18.8. The van der Waals surface area contributed by atoms with Crippen molar-refractivity contribution in [2.75, 3.05) is 32.8 Å². The van der Waals surface area contributed by atoms with Crippen molar-refractivity contribution >= 4 is 29.1 Å². The lowest BCUT2D eigenvalue weighted by molar-refractivity contribution is -0.133. The number of halogens is 2. The SMILES string of the molecule is O=C(CCC1CCNC1)N1CCC(COc2cc(Cl)cc(Cl)c2)CC1. The van der Waals surface area contributed by atoms with Crippen molar-refractivity contribution in [2.45, 2.75) is 32.1 Å². The lowest BCUT2D eigenvalue weighted by Crippen LogP contribution is -2.39. The number of benzene rings is 1. The number of carbonyl (C=O) groups is 1. The number of hydrogen-bond donors (Lipinski definition) is 1. The molecule has 0 aromatic heterocycles. The molecular weight excluding hydrogens is 359 g/mol. The largest absolute Gasteiger partial charge is 0.493 e. The quantitative estimate of drug-likeness (QED) is 0.805. The number of carbonyl (C=O) groups excluding carboxylic acids is 1. The second-order valence-electron chi connectivity index (χ2n) is 7.14. The molecule has 2 fully saturated rings. The fourth-order valence-corrected chi connectivity index (χ4v) is 4.13. The summed E-state index contributed by atoms with van der Waals surface area (Å²) in [7, 11) is 0. The number of ether oxygens (including phenoxy) is 1. The van der Waals surface area contributed by atoms with Crippen LogP contribution in [-0.2, 0) is 4.79 Å². The minimum absolute atomic E-state index is 0.313. The molecule has 1 atom stereocenters. The van der Waals surface area contributed by atoms with Crippen LogP contribution in [0, 0.1) is 11.8 Å². The van der Waals surface area contributed by atoms with Gasteiger partial charge in [0.25, 0.3) is 0 Å². The summed E-state index contributed by atoms with van der Waals surface area (Å²) in [6.07, 6.45) is 4.90. The number of rotatable bonds is 6. The van der Waals surface area contributed by atoms with E-state index in [0.717, 1.165) is 45.4 Å². The van der Waals surface area contributed by atoms with E-state index in [9.17, 15) is 4.79 Å². The zero-order chi connectivity index (χ0) is 17.6. The van der Waals surface area contributed by atoms with Crippen molar-refractivity contribution in [3.8, 4) is 5.75 Å². The van der Waals surface area contributed by atoms with Gasteiger partial charge in [-0.2, -0.15) is 0 Å². The van der Waals surface area contributed by atoms with Crippen LogP contribution in [0.25, 0.3) is 0 Å². The third kappa shape index (κ3) is 5.77. The van der Waals surface area contributed by atoms with Gasteiger partial charge in [-0.25, -0.2) is 0 Å². The Labute approximate surface area is 159 Å². The predicted molar refractivity (Wildman–Crippen MR) is 101 cm³/mol. The third-order valence-electron chi connectivity index (χ3n) is 5.22. The second kappa shape index (κ2) is 9.11. The summed E-state index contributed by atoms with van der Waals surface area (Å²) in [6, 6.07) is 5.26. The van der Waals surface area contributed by atoms with Gasteiger partial charge in [0.15, 0.2) is 0 Å². The van der Waals surface area contributed by atoms with E-state index in [-0.39, 0.29) is 0 Å². The van der Waals surface area contributed by atoms with E-state index >= 15 is 0 Å². The first-order chi connectivity index (χ1) is 12.1. The number of amides is 1. The molecule has 2 aliphatic heterocycles. The Balaban J connectivity index is 1.37. The van der Waals surface area contributed by atoms with Gasteiger partial charge in [0.05, 0.1) is 6.61 Å². The molecule has 2 aliphatic rings. The van der Waals surface area contributed by atoms with E-state index in [2.05, 4.69) is 5.32 Å². The van der Waals surface area contributed by atoms with Gasteiger partial charge in [0, 0.05) is 29.6 Å². The highest BCUT2D eigenvalue weighted by Crippen LogP contribution is 2.26. The number of nitrogens with one attached hydrogen (secondary N) is 1. The Morgan fingerprint density at radius 1 is 1.12 bits per heavy atom. The molecule has 1 unspecified atom stereocenters. The normalized spacial score (nSPS) is 21.5. The maximum absolute atomic E-state index is 12.4. The van der Waals surface area contributed by atoms with Gasteiger partial charge < -0.3 is 15.0 Å². The van der Waals surface area contributed by atoms with Crippen molar-refractivity contribution in [3.63, 3.8) is 0 Å². The monoisotopic (exact) mass is 384 g/mol. The molecule has 4 nitrogen and oxygen atoms in total. The molecule has 0 spiro atoms. The molecule has 25 heavy (non-hydrogen) atoms. The van der Waals surface area contributed by atoms with Crippen LogP contribution in [0.2, 0.25) is 10.0 Å². The summed E-state index contributed by atoms with van der Waals surface area (Å²) < 4.78 is 5.84. The van der Waals surface area contributed by atoms with Gasteiger partial charge in [-0.15, -0.1) is 0 Å². The fraction of sp³-hybridized carbons (Fsp3) is 0.632. The second-order valence-corrected chi connectivity index (χ2v) is 8.01. The number of piperidine rings is 1. The van der Waals surface area contributed by atoms with Crippen molar-refractivity contribution in [1.82, 2.24) is 10.2 Å². The maximum Gasteiger partial charge on any atom is 0.222 e. The predicted octanol–water partition coefficient (Wildman–Crippen LogP) is 4.00. The molecule has 0 saturated carbocycles. The molecule has 1 aromatic rings. The summed E-state index contributed by atoms with van der Waals surface area (Å²) >= 11 is 12.0. The minimum Gasteiger partial charge on any atom is -0.493 e. The number of nitrogens with zero attached hydrogens (tertiary/aromatic N) is 1. The highest BCUT2D eigenvalue weighted by Gasteiger charge is 2.24. The molecule has 0 aliphatic carbocycles. The van der Waals surface area contributed by atoms with Crippen molar-refractivity contribution < 1.29 is 9.53 Å². The van der Waals surface area contributed by atoms with Crippen LogP contribution in [-0.4, -0.2) is 43.6 Å². The summed E-state index contributed by atoms with van der Waals surface area (Å²) in [5, 5.41) is 4.53. The topological polar surface area (TPSA) is 41.6 Å². The van der Waals surface area contributed by atoms with Crippen molar-refractivity contribution in [2.24, 2.45) is 11.8 Å². The standard InChI is InChI=1S/C19H26Cl2N2O2/c20-16-9-17(21)11-18(10-16)25-13-15-4-7-23(8-5-15)19(24)2-1-14-3-6-22-12-14/h9-11,14-15,22H,1-8,12-13H2. The maximum atomic E-state index is 12.4. The van der Waals surface area contributed by atoms with Gasteiger partial charge >= 0.3 is 0 Å². The van der Waals surface area contributed by atoms with Crippen LogP contribution in [0.5, 0.6) is 5.75 Å². The van der Waals surface area contributed by atoms with Gasteiger partial charge in [0.1, 0.15) is 5.75 Å². The molecule has 3 rings (SSSR count). The van der Waals surface area contributed by atoms with E-state index in [0.29, 0.717) is 46.6 Å². The van der Waals surface area contributed by atoms with Gasteiger partial charge in [-0.05, 0) is 68.8 Å². The fourth-order valence-electron chi connectivity index (χ4n) is 3.62. The van der Waals surface area contributed by atoms with Crippen LogP contribution in [0.4, 0.5) is 0 Å². The van der Waals surface area contributed by atoms with E-state index in [1.165, 1.54) is 6.42 Å². The van der Waals surface area contributed by atoms with Crippen LogP contribution in [0.1, 0.15) is 32.1 Å². The van der Waals surface area contributed by atoms with E-state index in [1.807, 2.05) is 4.90 Å². The van der Waals surface area contributed by atoms with Crippen LogP contribution >= 0.6 is 23.2 Å². The molecule has 2 saturated heterocycles. The Bertz CT molecular complexity index is 563. The summed E-state index contributed by atoms with van der Waals surface area (Å²) in [5.41, 5.74) is 0. The number of hydrogen-bond acceptors (Lipinski definition) is 3. The van der Waals surface area contributed by atoms with Gasteiger partial charge in [-0.3, -0.25) is 4.79 Å². The van der Waals surface area contributed by atoms with Crippen molar-refractivity contribution in [3.05, 3.63) is 28.2 Å². The molecule has 2 heterocycles. The Hall–Kier alpha value is -0.970. The first-order valence-corrected chi connectivity index (χ1v) is 9.93. The summed E-state index contributed by atoms with van der Waals surface area (Å²) in [6.45, 7) is 4.49. The molecule has 0 radical (unpaired) electrons. The Morgan fingerprint density at radius 3 is 2.48 bits per heavy atom. The lowest BCUT2D eigenvalue weighted by atomic mass is 9.96. The summed E-state index contributed by atoms with van der Waals surface area (Å²) in [5.74, 6) is 2.18. The summed E-state index contributed by atoms with van der Waals surface area (Å²) in [4.78, 5) is 14.4. The number of likely N-dealkylation sites (tertiary alicyclic amines) is 1. The zero-order valence-corrected chi connectivity index (χ0v) is 16.0. The Kier molecular flexibility index (Phi) is 6.85. The highest BCUT2D eigenvalue weighted by atomic mass is 35.5. The van der Waals surface area contributed by atoms with Crippen LogP contribution in [0.15, 0.2) is 18.2 Å². The molecule has 1 N–H and O–H groups in total. The van der Waals surface area contributed by atoms with Crippen LogP contribution in [0.3, 0.4) is 0 Å². The van der Waals surface area contributed by atoms with Crippen molar-refractivity contribution in [1.29, 1.82) is 0 Å². The average molecular weight is 385 g/mol. The molecule has 6 heteroatoms. The molecule has 1 aromatic carbocycles. The minimum atomic E-state index is 0.313. The van der Waals surface area contributed by atoms with Crippen LogP contribution < -0.4 is 10.1 Å². The average Bonchev–Trinajstić information content (AvgIpc) is 3.11. The highest BCUT2D eigenvalue weighted by molar-refractivity contribution is 6.34. The molecular formula is C19H26Cl2N2O2. The third-order valence-corrected chi connectivity index (χ3v) is 5.65. The first-order valence-electron chi connectivity index (χ1n) is 9.17. The van der Waals surface area contributed by atoms with Gasteiger partial charge in [-0.1, -0.05) is 23.2 Å². The smallest absolute Gasteiger partial charge is 0.222 e. The van der Waals surface area contributed by atoms with E-state index in [4.69, 9.17) is 27.9 Å². The molecule has 138 valence electrons. The van der Waals surface area contributed by atoms with Gasteiger partial charge in [0.2, 0.25) is 5.91 Å². The molecule has 1 amide bonds. The zero-order valence-electron chi connectivity index (χ0n) is 14.5. The lowest BCUT2D eigenvalue weighted by Gasteiger charge is -2.32. The van der Waals surface area contributed by atoms with E-state index < -0.39 is 0 Å².